The summed E-state index contributed by atoms with van der Waals surface area (Å²) in [7, 11) is 0. The number of nitrogens with zero attached hydrogens (tertiary/aromatic N) is 2. The van der Waals surface area contributed by atoms with Crippen molar-refractivity contribution in [1.29, 1.82) is 0 Å². The molecule has 4 rings (SSSR count). The Bertz CT molecular complexity index is 980. The van der Waals surface area contributed by atoms with Crippen LogP contribution in [0.3, 0.4) is 0 Å². The molecule has 0 aliphatic carbocycles. The Hall–Kier alpha value is -3.68. The van der Waals surface area contributed by atoms with Gasteiger partial charge in [0.15, 0.2) is 0 Å². The molecule has 0 unspecified atom stereocenters. The van der Waals surface area contributed by atoms with Crippen LogP contribution < -0.4 is 10.1 Å². The standard InChI is InChI=1S/C24H25N3O5/c28-21(11-6-14-27-22(29)19-9-4-5-10-20(19)23(27)30)25-17-12-15-26(16-13-17)24(31)32-18-7-2-1-3-8-18/h1-5,7-10,17H,6,11-16H2,(H,25,28). The zero-order valence-electron chi connectivity index (χ0n) is 17.7. The SMILES string of the molecule is O=C(CCCN1C(=O)c2ccccc2C1=O)NC1CCN(C(=O)Oc2ccccc2)CC1. The summed E-state index contributed by atoms with van der Waals surface area (Å²) in [5.74, 6) is -0.223. The van der Waals surface area contributed by atoms with Crippen molar-refractivity contribution in [1.82, 2.24) is 15.1 Å². The van der Waals surface area contributed by atoms with Gasteiger partial charge in [0.25, 0.3) is 11.8 Å². The molecule has 0 atom stereocenters. The van der Waals surface area contributed by atoms with E-state index in [1.807, 2.05) is 6.07 Å². The monoisotopic (exact) mass is 435 g/mol. The first-order chi connectivity index (χ1) is 15.5. The van der Waals surface area contributed by atoms with Gasteiger partial charge in [0, 0.05) is 32.1 Å². The number of likely N-dealkylation sites (tertiary alicyclic amines) is 1. The van der Waals surface area contributed by atoms with Crippen molar-refractivity contribution in [2.45, 2.75) is 31.7 Å². The summed E-state index contributed by atoms with van der Waals surface area (Å²) < 4.78 is 5.35. The molecule has 0 radical (unpaired) electrons. The highest BCUT2D eigenvalue weighted by atomic mass is 16.6. The van der Waals surface area contributed by atoms with Gasteiger partial charge in [0.1, 0.15) is 5.75 Å². The van der Waals surface area contributed by atoms with E-state index in [2.05, 4.69) is 5.32 Å². The first kappa shape index (κ1) is 21.5. The zero-order chi connectivity index (χ0) is 22.5. The van der Waals surface area contributed by atoms with Crippen LogP contribution in [0, 0.1) is 0 Å². The fourth-order valence-electron chi connectivity index (χ4n) is 4.00. The number of fused-ring (bicyclic) bond motifs is 1. The number of carbonyl (C=O) groups is 4. The fraction of sp³-hybridized carbons (Fsp3) is 0.333. The minimum atomic E-state index is -0.387. The van der Waals surface area contributed by atoms with Crippen molar-refractivity contribution in [3.63, 3.8) is 0 Å². The highest BCUT2D eigenvalue weighted by Gasteiger charge is 2.34. The molecule has 1 saturated heterocycles. The Labute approximate surface area is 186 Å². The van der Waals surface area contributed by atoms with E-state index in [9.17, 15) is 19.2 Å². The van der Waals surface area contributed by atoms with Gasteiger partial charge in [-0.05, 0) is 43.5 Å². The molecular weight excluding hydrogens is 410 g/mol. The van der Waals surface area contributed by atoms with Crippen molar-refractivity contribution < 1.29 is 23.9 Å². The molecule has 4 amide bonds. The van der Waals surface area contributed by atoms with E-state index in [1.54, 1.807) is 53.4 Å². The number of ether oxygens (including phenoxy) is 1. The Balaban J connectivity index is 1.16. The zero-order valence-corrected chi connectivity index (χ0v) is 17.7. The molecule has 1 N–H and O–H groups in total. The summed E-state index contributed by atoms with van der Waals surface area (Å²) in [6, 6.07) is 15.7. The van der Waals surface area contributed by atoms with E-state index >= 15 is 0 Å². The minimum absolute atomic E-state index is 0.0115. The van der Waals surface area contributed by atoms with Crippen molar-refractivity contribution in [2.24, 2.45) is 0 Å². The summed E-state index contributed by atoms with van der Waals surface area (Å²) in [4.78, 5) is 52.1. The van der Waals surface area contributed by atoms with Crippen LogP contribution in [-0.2, 0) is 4.79 Å². The van der Waals surface area contributed by atoms with Crippen LogP contribution >= 0.6 is 0 Å². The van der Waals surface area contributed by atoms with E-state index in [0.29, 0.717) is 49.2 Å². The minimum Gasteiger partial charge on any atom is -0.410 e. The molecule has 8 heteroatoms. The summed E-state index contributed by atoms with van der Waals surface area (Å²) in [5.41, 5.74) is 0.832. The molecular formula is C24H25N3O5. The topological polar surface area (TPSA) is 96.0 Å². The number of piperidine rings is 1. The molecule has 2 aliphatic heterocycles. The second-order valence-electron chi connectivity index (χ2n) is 7.92. The predicted octanol–water partition coefficient (Wildman–Crippen LogP) is 2.84. The van der Waals surface area contributed by atoms with E-state index in [-0.39, 0.29) is 42.8 Å². The number of amides is 4. The number of hydrogen-bond acceptors (Lipinski definition) is 5. The molecule has 2 heterocycles. The summed E-state index contributed by atoms with van der Waals surface area (Å²) in [6.45, 7) is 1.22. The van der Waals surface area contributed by atoms with E-state index in [4.69, 9.17) is 4.74 Å². The number of hydrogen-bond donors (Lipinski definition) is 1. The molecule has 0 aromatic heterocycles. The van der Waals surface area contributed by atoms with E-state index < -0.39 is 0 Å². The lowest BCUT2D eigenvalue weighted by atomic mass is 10.1. The first-order valence-electron chi connectivity index (χ1n) is 10.8. The molecule has 32 heavy (non-hydrogen) atoms. The Morgan fingerprint density at radius 1 is 0.906 bits per heavy atom. The Morgan fingerprint density at radius 2 is 1.50 bits per heavy atom. The van der Waals surface area contributed by atoms with Gasteiger partial charge in [-0.3, -0.25) is 19.3 Å². The number of rotatable bonds is 6. The maximum Gasteiger partial charge on any atom is 0.415 e. The van der Waals surface area contributed by atoms with Crippen LogP contribution in [0.1, 0.15) is 46.4 Å². The van der Waals surface area contributed by atoms with Crippen LogP contribution in [0.2, 0.25) is 0 Å². The van der Waals surface area contributed by atoms with Crippen molar-refractivity contribution in [3.8, 4) is 5.75 Å². The van der Waals surface area contributed by atoms with Crippen LogP contribution in [0.4, 0.5) is 4.79 Å². The van der Waals surface area contributed by atoms with Gasteiger partial charge in [-0.15, -0.1) is 0 Å². The second-order valence-corrected chi connectivity index (χ2v) is 7.92. The van der Waals surface area contributed by atoms with Crippen LogP contribution in [0.15, 0.2) is 54.6 Å². The van der Waals surface area contributed by atoms with Gasteiger partial charge >= 0.3 is 6.09 Å². The van der Waals surface area contributed by atoms with Crippen molar-refractivity contribution in [2.75, 3.05) is 19.6 Å². The van der Waals surface area contributed by atoms with Gasteiger partial charge in [-0.1, -0.05) is 30.3 Å². The first-order valence-corrected chi connectivity index (χ1v) is 10.8. The number of imide groups is 1. The predicted molar refractivity (Wildman–Crippen MR) is 116 cm³/mol. The van der Waals surface area contributed by atoms with Crippen molar-refractivity contribution in [3.05, 3.63) is 65.7 Å². The lowest BCUT2D eigenvalue weighted by molar-refractivity contribution is -0.122. The summed E-state index contributed by atoms with van der Waals surface area (Å²) in [6.07, 6.45) is 1.53. The average Bonchev–Trinajstić information content (AvgIpc) is 3.05. The number of para-hydroxylation sites is 1. The molecule has 166 valence electrons. The third-order valence-electron chi connectivity index (χ3n) is 5.73. The van der Waals surface area contributed by atoms with Gasteiger partial charge in [-0.25, -0.2) is 4.79 Å². The number of carbonyl (C=O) groups excluding carboxylic acids is 4. The summed E-state index contributed by atoms with van der Waals surface area (Å²) >= 11 is 0. The lowest BCUT2D eigenvalue weighted by Gasteiger charge is -2.31. The highest BCUT2D eigenvalue weighted by molar-refractivity contribution is 6.21. The van der Waals surface area contributed by atoms with Crippen LogP contribution in [-0.4, -0.2) is 59.3 Å². The smallest absolute Gasteiger partial charge is 0.410 e. The molecule has 2 aromatic rings. The third-order valence-corrected chi connectivity index (χ3v) is 5.73. The van der Waals surface area contributed by atoms with Crippen LogP contribution in [0.5, 0.6) is 5.75 Å². The van der Waals surface area contributed by atoms with Gasteiger partial charge in [0.05, 0.1) is 11.1 Å². The fourth-order valence-corrected chi connectivity index (χ4v) is 4.00. The molecule has 2 aliphatic rings. The number of nitrogens with one attached hydrogen (secondary N) is 1. The van der Waals surface area contributed by atoms with Gasteiger partial charge in [0.2, 0.25) is 5.91 Å². The molecule has 8 nitrogen and oxygen atoms in total. The molecule has 0 spiro atoms. The van der Waals surface area contributed by atoms with Gasteiger partial charge in [-0.2, -0.15) is 0 Å². The Morgan fingerprint density at radius 3 is 2.12 bits per heavy atom. The Kier molecular flexibility index (Phi) is 6.49. The molecule has 2 aromatic carbocycles. The molecule has 0 saturated carbocycles. The summed E-state index contributed by atoms with van der Waals surface area (Å²) in [5, 5.41) is 2.99. The van der Waals surface area contributed by atoms with E-state index in [1.165, 1.54) is 4.90 Å². The number of benzene rings is 2. The maximum atomic E-state index is 12.4. The van der Waals surface area contributed by atoms with Crippen LogP contribution in [0.25, 0.3) is 0 Å². The van der Waals surface area contributed by atoms with Crippen molar-refractivity contribution >= 4 is 23.8 Å². The second kappa shape index (κ2) is 9.64. The molecule has 0 bridgehead atoms. The normalized spacial score (nSPS) is 16.1. The maximum absolute atomic E-state index is 12.4. The third kappa shape index (κ3) is 4.80. The quantitative estimate of drug-likeness (QED) is 0.704. The largest absolute Gasteiger partial charge is 0.415 e. The average molecular weight is 435 g/mol. The highest BCUT2D eigenvalue weighted by Crippen LogP contribution is 2.22. The van der Waals surface area contributed by atoms with Gasteiger partial charge < -0.3 is 15.0 Å². The lowest BCUT2D eigenvalue weighted by Crippen LogP contribution is -2.47. The molecule has 1 fully saturated rings. The van der Waals surface area contributed by atoms with E-state index in [0.717, 1.165) is 0 Å².